The first-order valence-electron chi connectivity index (χ1n) is 7.14. The number of amides is 1. The van der Waals surface area contributed by atoms with Gasteiger partial charge < -0.3 is 14.8 Å². The highest BCUT2D eigenvalue weighted by molar-refractivity contribution is 9.10. The maximum absolute atomic E-state index is 11.4. The van der Waals surface area contributed by atoms with Crippen LogP contribution in [-0.2, 0) is 4.74 Å². The highest BCUT2D eigenvalue weighted by Gasteiger charge is 2.15. The average Bonchev–Trinajstić information content (AvgIpc) is 2.36. The van der Waals surface area contributed by atoms with Gasteiger partial charge in [0.1, 0.15) is 11.4 Å². The summed E-state index contributed by atoms with van der Waals surface area (Å²) in [6, 6.07) is 5.94. The third kappa shape index (κ3) is 7.37. The van der Waals surface area contributed by atoms with E-state index in [1.54, 1.807) is 0 Å². The van der Waals surface area contributed by atoms with Gasteiger partial charge in [0.05, 0.1) is 11.1 Å². The van der Waals surface area contributed by atoms with Crippen LogP contribution in [0.25, 0.3) is 0 Å². The highest BCUT2D eigenvalue weighted by atomic mass is 79.9. The van der Waals surface area contributed by atoms with Crippen molar-refractivity contribution >= 4 is 22.0 Å². The number of unbranched alkanes of at least 4 members (excludes halogenated alkanes) is 1. The summed E-state index contributed by atoms with van der Waals surface area (Å²) in [5.41, 5.74) is 0.698. The van der Waals surface area contributed by atoms with Crippen molar-refractivity contribution in [2.45, 2.75) is 46.1 Å². The van der Waals surface area contributed by atoms with Crippen molar-refractivity contribution in [2.24, 2.45) is 0 Å². The molecular formula is C16H24BrNO3. The molecule has 0 radical (unpaired) electrons. The fraction of sp³-hybridized carbons (Fsp3) is 0.562. The van der Waals surface area contributed by atoms with E-state index < -0.39 is 5.60 Å². The summed E-state index contributed by atoms with van der Waals surface area (Å²) >= 11 is 3.51. The van der Waals surface area contributed by atoms with Crippen molar-refractivity contribution in [3.8, 4) is 5.75 Å². The third-order valence-electron chi connectivity index (χ3n) is 2.65. The summed E-state index contributed by atoms with van der Waals surface area (Å²) in [5.74, 6) is 0.857. The molecule has 0 saturated heterocycles. The van der Waals surface area contributed by atoms with Crippen LogP contribution in [0.15, 0.2) is 22.7 Å². The molecule has 4 nitrogen and oxygen atoms in total. The fourth-order valence-electron chi connectivity index (χ4n) is 1.65. The van der Waals surface area contributed by atoms with E-state index in [1.807, 2.05) is 45.9 Å². The summed E-state index contributed by atoms with van der Waals surface area (Å²) in [5, 5.41) is 2.73. The van der Waals surface area contributed by atoms with Crippen LogP contribution in [0.2, 0.25) is 0 Å². The number of nitrogens with one attached hydrogen (secondary N) is 1. The molecule has 0 fully saturated rings. The summed E-state index contributed by atoms with van der Waals surface area (Å²) in [7, 11) is 0. The first-order chi connectivity index (χ1) is 9.79. The van der Waals surface area contributed by atoms with Gasteiger partial charge in [-0.1, -0.05) is 12.1 Å². The van der Waals surface area contributed by atoms with Gasteiger partial charge >= 0.3 is 6.09 Å². The molecule has 0 aromatic heterocycles. The lowest BCUT2D eigenvalue weighted by molar-refractivity contribution is 0.0526. The first-order valence-corrected chi connectivity index (χ1v) is 7.93. The molecule has 118 valence electrons. The smallest absolute Gasteiger partial charge is 0.407 e. The van der Waals surface area contributed by atoms with Crippen molar-refractivity contribution in [3.05, 3.63) is 28.2 Å². The maximum Gasteiger partial charge on any atom is 0.407 e. The lowest BCUT2D eigenvalue weighted by Gasteiger charge is -2.19. The van der Waals surface area contributed by atoms with Crippen LogP contribution in [0.1, 0.15) is 39.2 Å². The minimum atomic E-state index is -0.454. The van der Waals surface area contributed by atoms with Crippen molar-refractivity contribution in [3.63, 3.8) is 0 Å². The Kier molecular flexibility index (Phi) is 7.02. The van der Waals surface area contributed by atoms with Gasteiger partial charge in [-0.15, -0.1) is 0 Å². The van der Waals surface area contributed by atoms with Gasteiger partial charge in [-0.05, 0) is 68.1 Å². The Hall–Kier alpha value is -1.23. The molecule has 0 aliphatic heterocycles. The van der Waals surface area contributed by atoms with E-state index in [4.69, 9.17) is 9.47 Å². The number of halogens is 1. The number of hydrogen-bond acceptors (Lipinski definition) is 3. The van der Waals surface area contributed by atoms with Crippen LogP contribution < -0.4 is 10.1 Å². The summed E-state index contributed by atoms with van der Waals surface area (Å²) in [4.78, 5) is 11.4. The quantitative estimate of drug-likeness (QED) is 0.765. The Morgan fingerprint density at radius 1 is 1.29 bits per heavy atom. The average molecular weight is 358 g/mol. The molecule has 1 aromatic rings. The second-order valence-electron chi connectivity index (χ2n) is 5.87. The highest BCUT2D eigenvalue weighted by Crippen LogP contribution is 2.27. The Morgan fingerprint density at radius 3 is 2.67 bits per heavy atom. The number of alkyl carbamates (subject to hydrolysis) is 1. The lowest BCUT2D eigenvalue weighted by atomic mass is 10.2. The van der Waals surface area contributed by atoms with Crippen LogP contribution in [0.5, 0.6) is 5.75 Å². The molecule has 1 amide bonds. The van der Waals surface area contributed by atoms with E-state index in [-0.39, 0.29) is 6.09 Å². The van der Waals surface area contributed by atoms with Crippen molar-refractivity contribution in [2.75, 3.05) is 13.2 Å². The van der Waals surface area contributed by atoms with Gasteiger partial charge in [0.25, 0.3) is 0 Å². The van der Waals surface area contributed by atoms with E-state index in [0.29, 0.717) is 13.2 Å². The predicted molar refractivity (Wildman–Crippen MR) is 87.8 cm³/mol. The predicted octanol–water partition coefficient (Wildman–Crippen LogP) is 4.44. The summed E-state index contributed by atoms with van der Waals surface area (Å²) < 4.78 is 11.9. The van der Waals surface area contributed by atoms with Crippen molar-refractivity contribution < 1.29 is 14.3 Å². The van der Waals surface area contributed by atoms with Crippen LogP contribution in [0, 0.1) is 6.92 Å². The van der Waals surface area contributed by atoms with Crippen LogP contribution in [-0.4, -0.2) is 24.8 Å². The third-order valence-corrected chi connectivity index (χ3v) is 3.67. The standard InChI is InChI=1S/C16H24BrNO3/c1-12-8-7-9-13(14(12)17)20-11-6-5-10-18-15(19)21-16(2,3)4/h7-9H,5-6,10-11H2,1-4H3,(H,18,19). The molecule has 5 heteroatoms. The van der Waals surface area contributed by atoms with Gasteiger partial charge in [0.15, 0.2) is 0 Å². The first kappa shape index (κ1) is 17.8. The van der Waals surface area contributed by atoms with Gasteiger partial charge in [-0.2, -0.15) is 0 Å². The van der Waals surface area contributed by atoms with E-state index in [0.717, 1.165) is 28.6 Å². The number of benzene rings is 1. The molecule has 0 aliphatic rings. The Balaban J connectivity index is 2.15. The Labute approximate surface area is 135 Å². The number of hydrogen-bond donors (Lipinski definition) is 1. The minimum Gasteiger partial charge on any atom is -0.492 e. The second-order valence-corrected chi connectivity index (χ2v) is 6.66. The largest absolute Gasteiger partial charge is 0.492 e. The van der Waals surface area contributed by atoms with E-state index in [9.17, 15) is 4.79 Å². The van der Waals surface area contributed by atoms with Gasteiger partial charge in [-0.25, -0.2) is 4.79 Å². The molecule has 0 heterocycles. The molecule has 1 N–H and O–H groups in total. The summed E-state index contributed by atoms with van der Waals surface area (Å²) in [6.45, 7) is 8.79. The SMILES string of the molecule is Cc1cccc(OCCCCNC(=O)OC(C)(C)C)c1Br. The zero-order valence-corrected chi connectivity index (χ0v) is 14.7. The molecule has 0 spiro atoms. The molecule has 21 heavy (non-hydrogen) atoms. The maximum atomic E-state index is 11.4. The molecule has 0 bridgehead atoms. The summed E-state index contributed by atoms with van der Waals surface area (Å²) in [6.07, 6.45) is 1.35. The van der Waals surface area contributed by atoms with Gasteiger partial charge in [-0.3, -0.25) is 0 Å². The molecule has 0 aliphatic carbocycles. The molecular weight excluding hydrogens is 334 g/mol. The molecule has 1 rings (SSSR count). The zero-order valence-electron chi connectivity index (χ0n) is 13.2. The number of ether oxygens (including phenoxy) is 2. The molecule has 0 saturated carbocycles. The van der Waals surface area contributed by atoms with Crippen LogP contribution in [0.3, 0.4) is 0 Å². The lowest BCUT2D eigenvalue weighted by Crippen LogP contribution is -2.33. The number of carbonyl (C=O) groups is 1. The monoisotopic (exact) mass is 357 g/mol. The van der Waals surface area contributed by atoms with Crippen molar-refractivity contribution in [1.82, 2.24) is 5.32 Å². The topological polar surface area (TPSA) is 47.6 Å². The molecule has 0 unspecified atom stereocenters. The molecule has 0 atom stereocenters. The van der Waals surface area contributed by atoms with E-state index in [2.05, 4.69) is 21.2 Å². The zero-order chi connectivity index (χ0) is 15.9. The fourth-order valence-corrected chi connectivity index (χ4v) is 2.02. The van der Waals surface area contributed by atoms with Crippen molar-refractivity contribution in [1.29, 1.82) is 0 Å². The number of carbonyl (C=O) groups excluding carboxylic acids is 1. The van der Waals surface area contributed by atoms with Crippen LogP contribution in [0.4, 0.5) is 4.79 Å². The second kappa shape index (κ2) is 8.27. The van der Waals surface area contributed by atoms with E-state index in [1.165, 1.54) is 0 Å². The normalized spacial score (nSPS) is 11.1. The number of rotatable bonds is 6. The number of aryl methyl sites for hydroxylation is 1. The minimum absolute atomic E-state index is 0.371. The molecule has 1 aromatic carbocycles. The Morgan fingerprint density at radius 2 is 2.00 bits per heavy atom. The van der Waals surface area contributed by atoms with E-state index >= 15 is 0 Å². The van der Waals surface area contributed by atoms with Gasteiger partial charge in [0.2, 0.25) is 0 Å². The van der Waals surface area contributed by atoms with Gasteiger partial charge in [0, 0.05) is 6.54 Å². The Bertz CT molecular complexity index is 469. The van der Waals surface area contributed by atoms with Crippen LogP contribution >= 0.6 is 15.9 Å².